The summed E-state index contributed by atoms with van der Waals surface area (Å²) in [6.45, 7) is 3.13. The summed E-state index contributed by atoms with van der Waals surface area (Å²) in [6.07, 6.45) is 2.97. The molecule has 1 aliphatic rings. The van der Waals surface area contributed by atoms with E-state index in [-0.39, 0.29) is 12.0 Å². The summed E-state index contributed by atoms with van der Waals surface area (Å²) in [5, 5.41) is 7.73. The third-order valence-electron chi connectivity index (χ3n) is 2.99. The van der Waals surface area contributed by atoms with E-state index >= 15 is 0 Å². The minimum Gasteiger partial charge on any atom is -0.468 e. The van der Waals surface area contributed by atoms with E-state index < -0.39 is 0 Å². The number of aryl methyl sites for hydroxylation is 1. The molecule has 1 unspecified atom stereocenters. The van der Waals surface area contributed by atoms with Crippen molar-refractivity contribution in [2.24, 2.45) is 0 Å². The molecule has 1 aromatic heterocycles. The summed E-state index contributed by atoms with van der Waals surface area (Å²) in [4.78, 5) is 13.7. The highest BCUT2D eigenvalue weighted by molar-refractivity contribution is 5.75. The van der Waals surface area contributed by atoms with Gasteiger partial charge in [0, 0.05) is 6.92 Å². The minimum absolute atomic E-state index is 0.180. The van der Waals surface area contributed by atoms with Crippen LogP contribution >= 0.6 is 0 Å². The van der Waals surface area contributed by atoms with Crippen molar-refractivity contribution in [3.05, 3.63) is 11.8 Å². The maximum absolute atomic E-state index is 11.6. The van der Waals surface area contributed by atoms with Crippen molar-refractivity contribution in [1.29, 1.82) is 0 Å². The fraction of sp³-hybridized carbons (Fsp3) is 0.727. The highest BCUT2D eigenvalue weighted by Gasteiger charge is 2.30. The average Bonchev–Trinajstić information content (AvgIpc) is 2.74. The molecule has 2 rings (SSSR count). The van der Waals surface area contributed by atoms with Crippen molar-refractivity contribution in [1.82, 2.24) is 15.1 Å². The van der Waals surface area contributed by atoms with Crippen LogP contribution in [0.15, 0.2) is 4.42 Å². The second-order valence-corrected chi connectivity index (χ2v) is 4.22. The van der Waals surface area contributed by atoms with E-state index in [1.807, 2.05) is 4.90 Å². The Balaban J connectivity index is 2.03. The molecule has 1 aliphatic heterocycles. The van der Waals surface area contributed by atoms with Gasteiger partial charge in [-0.2, -0.15) is 0 Å². The van der Waals surface area contributed by atoms with Gasteiger partial charge in [-0.15, -0.1) is 10.2 Å². The van der Waals surface area contributed by atoms with Gasteiger partial charge in [0.25, 0.3) is 0 Å². The number of carbonyl (C=O) groups is 1. The molecule has 0 aliphatic carbocycles. The van der Waals surface area contributed by atoms with Gasteiger partial charge < -0.3 is 9.15 Å². The van der Waals surface area contributed by atoms with Crippen LogP contribution in [0.3, 0.4) is 0 Å². The molecular formula is C11H17N3O3. The van der Waals surface area contributed by atoms with Crippen LogP contribution in [0.25, 0.3) is 0 Å². The van der Waals surface area contributed by atoms with Crippen LogP contribution in [0, 0.1) is 6.92 Å². The molecular weight excluding hydrogens is 222 g/mol. The first-order valence-corrected chi connectivity index (χ1v) is 5.81. The number of methoxy groups -OCH3 is 1. The van der Waals surface area contributed by atoms with E-state index in [4.69, 9.17) is 9.15 Å². The fourth-order valence-corrected chi connectivity index (χ4v) is 2.16. The molecule has 1 aromatic rings. The van der Waals surface area contributed by atoms with Gasteiger partial charge >= 0.3 is 5.97 Å². The maximum atomic E-state index is 11.6. The van der Waals surface area contributed by atoms with E-state index in [0.29, 0.717) is 18.3 Å². The van der Waals surface area contributed by atoms with E-state index in [9.17, 15) is 4.79 Å². The number of ether oxygens (including phenoxy) is 1. The van der Waals surface area contributed by atoms with Crippen LogP contribution in [-0.2, 0) is 16.1 Å². The molecule has 2 heterocycles. The SMILES string of the molecule is COC(=O)C1CCCCN1Cc1nnc(C)o1. The Morgan fingerprint density at radius 1 is 1.53 bits per heavy atom. The Morgan fingerprint density at radius 3 is 3.00 bits per heavy atom. The molecule has 0 saturated carbocycles. The van der Waals surface area contributed by atoms with Crippen molar-refractivity contribution in [3.8, 4) is 0 Å². The second kappa shape index (κ2) is 5.27. The van der Waals surface area contributed by atoms with Gasteiger partial charge in [0.05, 0.1) is 13.7 Å². The minimum atomic E-state index is -0.180. The quantitative estimate of drug-likeness (QED) is 0.730. The average molecular weight is 239 g/mol. The number of piperidine rings is 1. The number of hydrogen-bond acceptors (Lipinski definition) is 6. The van der Waals surface area contributed by atoms with Crippen LogP contribution in [0.5, 0.6) is 0 Å². The van der Waals surface area contributed by atoms with E-state index in [1.54, 1.807) is 6.92 Å². The summed E-state index contributed by atoms with van der Waals surface area (Å²) in [5.41, 5.74) is 0. The van der Waals surface area contributed by atoms with Crippen LogP contribution in [0.4, 0.5) is 0 Å². The van der Waals surface area contributed by atoms with E-state index in [1.165, 1.54) is 7.11 Å². The summed E-state index contributed by atoms with van der Waals surface area (Å²) < 4.78 is 10.1. The monoisotopic (exact) mass is 239 g/mol. The molecule has 1 fully saturated rings. The fourth-order valence-electron chi connectivity index (χ4n) is 2.16. The zero-order valence-electron chi connectivity index (χ0n) is 10.2. The highest BCUT2D eigenvalue weighted by atomic mass is 16.5. The van der Waals surface area contributed by atoms with Gasteiger partial charge in [0.2, 0.25) is 11.8 Å². The molecule has 0 radical (unpaired) electrons. The normalized spacial score (nSPS) is 21.4. The van der Waals surface area contributed by atoms with Gasteiger partial charge in [0.1, 0.15) is 6.04 Å². The molecule has 1 saturated heterocycles. The first-order chi connectivity index (χ1) is 8.20. The topological polar surface area (TPSA) is 68.5 Å². The van der Waals surface area contributed by atoms with Crippen molar-refractivity contribution in [2.45, 2.75) is 38.8 Å². The van der Waals surface area contributed by atoms with Gasteiger partial charge in [-0.05, 0) is 19.4 Å². The molecule has 0 N–H and O–H groups in total. The predicted octanol–water partition coefficient (Wildman–Crippen LogP) is 0.906. The van der Waals surface area contributed by atoms with Crippen LogP contribution in [-0.4, -0.2) is 40.8 Å². The largest absolute Gasteiger partial charge is 0.468 e. The van der Waals surface area contributed by atoms with Crippen molar-refractivity contribution < 1.29 is 13.9 Å². The Hall–Kier alpha value is -1.43. The summed E-state index contributed by atoms with van der Waals surface area (Å²) in [7, 11) is 1.42. The molecule has 0 bridgehead atoms. The smallest absolute Gasteiger partial charge is 0.323 e. The van der Waals surface area contributed by atoms with Crippen LogP contribution in [0.1, 0.15) is 31.0 Å². The zero-order chi connectivity index (χ0) is 12.3. The van der Waals surface area contributed by atoms with Crippen molar-refractivity contribution >= 4 is 5.97 Å². The number of nitrogens with zero attached hydrogens (tertiary/aromatic N) is 3. The van der Waals surface area contributed by atoms with E-state index in [0.717, 1.165) is 25.8 Å². The summed E-state index contributed by atoms with van der Waals surface area (Å²) in [5.74, 6) is 0.922. The predicted molar refractivity (Wildman–Crippen MR) is 59.1 cm³/mol. The molecule has 6 nitrogen and oxygen atoms in total. The number of likely N-dealkylation sites (tertiary alicyclic amines) is 1. The molecule has 0 amide bonds. The first-order valence-electron chi connectivity index (χ1n) is 5.81. The lowest BCUT2D eigenvalue weighted by atomic mass is 10.0. The van der Waals surface area contributed by atoms with E-state index in [2.05, 4.69) is 10.2 Å². The Kier molecular flexibility index (Phi) is 3.73. The number of hydrogen-bond donors (Lipinski definition) is 0. The second-order valence-electron chi connectivity index (χ2n) is 4.22. The standard InChI is InChI=1S/C11H17N3O3/c1-8-12-13-10(17-8)7-14-6-4-3-5-9(14)11(15)16-2/h9H,3-7H2,1-2H3. The third-order valence-corrected chi connectivity index (χ3v) is 2.99. The molecule has 0 aromatic carbocycles. The Bertz CT molecular complexity index is 391. The molecule has 94 valence electrons. The molecule has 17 heavy (non-hydrogen) atoms. The Labute approximate surface area is 99.9 Å². The molecule has 1 atom stereocenters. The Morgan fingerprint density at radius 2 is 2.35 bits per heavy atom. The van der Waals surface area contributed by atoms with Crippen molar-refractivity contribution in [2.75, 3.05) is 13.7 Å². The van der Waals surface area contributed by atoms with Crippen LogP contribution < -0.4 is 0 Å². The lowest BCUT2D eigenvalue weighted by Gasteiger charge is -2.32. The summed E-state index contributed by atoms with van der Waals surface area (Å²) in [6, 6.07) is -0.180. The molecule has 6 heteroatoms. The third kappa shape index (κ3) is 2.82. The van der Waals surface area contributed by atoms with Crippen LogP contribution in [0.2, 0.25) is 0 Å². The van der Waals surface area contributed by atoms with Gasteiger partial charge in [0.15, 0.2) is 0 Å². The highest BCUT2D eigenvalue weighted by Crippen LogP contribution is 2.20. The zero-order valence-corrected chi connectivity index (χ0v) is 10.2. The van der Waals surface area contributed by atoms with Gasteiger partial charge in [-0.3, -0.25) is 9.69 Å². The number of carbonyl (C=O) groups excluding carboxylic acids is 1. The maximum Gasteiger partial charge on any atom is 0.323 e. The summed E-state index contributed by atoms with van der Waals surface area (Å²) >= 11 is 0. The van der Waals surface area contributed by atoms with Gasteiger partial charge in [-0.1, -0.05) is 6.42 Å². The lowest BCUT2D eigenvalue weighted by molar-refractivity contribution is -0.148. The molecule has 0 spiro atoms. The van der Waals surface area contributed by atoms with Gasteiger partial charge in [-0.25, -0.2) is 0 Å². The first kappa shape index (κ1) is 12.0. The number of esters is 1. The van der Waals surface area contributed by atoms with Crippen molar-refractivity contribution in [3.63, 3.8) is 0 Å². The number of rotatable bonds is 3. The number of aromatic nitrogens is 2. The lowest BCUT2D eigenvalue weighted by Crippen LogP contribution is -2.44.